The van der Waals surface area contributed by atoms with Gasteiger partial charge in [-0.25, -0.2) is 9.59 Å². The lowest BCUT2D eigenvalue weighted by atomic mass is 9.94. The summed E-state index contributed by atoms with van der Waals surface area (Å²) in [4.78, 5) is 21.9. The Labute approximate surface area is 99.7 Å². The number of carboxylic acids is 1. The molecule has 6 nitrogen and oxygen atoms in total. The standard InChI is InChI=1S/C11H18N2O4/c14-7-9(10(15)16)13-11(17)12-6-8-4-2-1-3-5-8/h1-2,8-9,14H,3-7H2,(H,15,16)(H2,12,13,17)/t8?,9-/m0/s1. The summed E-state index contributed by atoms with van der Waals surface area (Å²) in [6.07, 6.45) is 7.18. The summed E-state index contributed by atoms with van der Waals surface area (Å²) in [7, 11) is 0. The van der Waals surface area contributed by atoms with Gasteiger partial charge in [-0.3, -0.25) is 0 Å². The van der Waals surface area contributed by atoms with Crippen molar-refractivity contribution in [1.82, 2.24) is 10.6 Å². The van der Waals surface area contributed by atoms with Crippen molar-refractivity contribution in [2.45, 2.75) is 25.3 Å². The van der Waals surface area contributed by atoms with Crippen molar-refractivity contribution in [2.75, 3.05) is 13.2 Å². The van der Waals surface area contributed by atoms with E-state index in [9.17, 15) is 9.59 Å². The number of aliphatic carboxylic acids is 1. The maximum Gasteiger partial charge on any atom is 0.328 e. The third-order valence-electron chi connectivity index (χ3n) is 2.71. The van der Waals surface area contributed by atoms with E-state index in [-0.39, 0.29) is 0 Å². The molecule has 0 aromatic rings. The summed E-state index contributed by atoms with van der Waals surface area (Å²) in [6.45, 7) is -0.0944. The van der Waals surface area contributed by atoms with Crippen LogP contribution in [0.3, 0.4) is 0 Å². The number of carboxylic acid groups (broad SMARTS) is 1. The number of urea groups is 1. The monoisotopic (exact) mass is 242 g/mol. The average molecular weight is 242 g/mol. The van der Waals surface area contributed by atoms with Gasteiger partial charge < -0.3 is 20.8 Å². The lowest BCUT2D eigenvalue weighted by Crippen LogP contribution is -2.48. The van der Waals surface area contributed by atoms with Gasteiger partial charge in [-0.05, 0) is 25.2 Å². The molecule has 1 aliphatic carbocycles. The SMILES string of the molecule is O=C(NCC1CC=CCC1)N[C@@H](CO)C(=O)O. The van der Waals surface area contributed by atoms with Crippen LogP contribution >= 0.6 is 0 Å². The zero-order valence-corrected chi connectivity index (χ0v) is 9.56. The molecule has 4 N–H and O–H groups in total. The van der Waals surface area contributed by atoms with E-state index in [1.165, 1.54) is 0 Å². The van der Waals surface area contributed by atoms with Crippen LogP contribution in [0.2, 0.25) is 0 Å². The molecule has 1 unspecified atom stereocenters. The van der Waals surface area contributed by atoms with Crippen LogP contribution < -0.4 is 10.6 Å². The van der Waals surface area contributed by atoms with Gasteiger partial charge in [-0.2, -0.15) is 0 Å². The zero-order valence-electron chi connectivity index (χ0n) is 9.56. The molecule has 0 heterocycles. The Balaban J connectivity index is 2.24. The molecule has 0 spiro atoms. The molecule has 0 saturated carbocycles. The summed E-state index contributed by atoms with van der Waals surface area (Å²) < 4.78 is 0. The molecule has 0 bridgehead atoms. The number of amides is 2. The highest BCUT2D eigenvalue weighted by molar-refractivity contribution is 5.82. The molecule has 0 aliphatic heterocycles. The Morgan fingerprint density at radius 1 is 1.41 bits per heavy atom. The highest BCUT2D eigenvalue weighted by Crippen LogP contribution is 2.16. The van der Waals surface area contributed by atoms with Gasteiger partial charge in [-0.1, -0.05) is 12.2 Å². The Morgan fingerprint density at radius 2 is 2.18 bits per heavy atom. The number of carbonyl (C=O) groups excluding carboxylic acids is 1. The minimum Gasteiger partial charge on any atom is -0.480 e. The Bertz CT molecular complexity index is 304. The van der Waals surface area contributed by atoms with Crippen molar-refractivity contribution in [1.29, 1.82) is 0 Å². The van der Waals surface area contributed by atoms with Crippen LogP contribution in [0.15, 0.2) is 12.2 Å². The third-order valence-corrected chi connectivity index (χ3v) is 2.71. The molecule has 96 valence electrons. The average Bonchev–Trinajstić information content (AvgIpc) is 2.34. The van der Waals surface area contributed by atoms with Crippen LogP contribution in [0.5, 0.6) is 0 Å². The summed E-state index contributed by atoms with van der Waals surface area (Å²) in [5.41, 5.74) is 0. The molecule has 6 heteroatoms. The van der Waals surface area contributed by atoms with E-state index in [1.807, 2.05) is 0 Å². The molecule has 1 aliphatic rings. The molecule has 0 aromatic carbocycles. The van der Waals surface area contributed by atoms with E-state index in [0.717, 1.165) is 19.3 Å². The second kappa shape index (κ2) is 6.90. The van der Waals surface area contributed by atoms with Gasteiger partial charge in [0.25, 0.3) is 0 Å². The predicted molar refractivity (Wildman–Crippen MR) is 61.5 cm³/mol. The van der Waals surface area contributed by atoms with Crippen molar-refractivity contribution >= 4 is 12.0 Å². The molecular formula is C11H18N2O4. The van der Waals surface area contributed by atoms with Crippen LogP contribution in [-0.2, 0) is 4.79 Å². The Kier molecular flexibility index (Phi) is 5.48. The first kappa shape index (κ1) is 13.5. The molecule has 1 rings (SSSR count). The first-order chi connectivity index (χ1) is 8.13. The van der Waals surface area contributed by atoms with Gasteiger partial charge in [0.2, 0.25) is 0 Å². The molecule has 2 atom stereocenters. The van der Waals surface area contributed by atoms with E-state index < -0.39 is 24.6 Å². The normalized spacial score (nSPS) is 20.6. The molecule has 0 radical (unpaired) electrons. The molecule has 0 saturated heterocycles. The molecular weight excluding hydrogens is 224 g/mol. The van der Waals surface area contributed by atoms with Gasteiger partial charge in [-0.15, -0.1) is 0 Å². The number of nitrogens with one attached hydrogen (secondary N) is 2. The lowest BCUT2D eigenvalue weighted by Gasteiger charge is -2.19. The summed E-state index contributed by atoms with van der Waals surface area (Å²) in [6, 6.07) is -1.80. The fraction of sp³-hybridized carbons (Fsp3) is 0.636. The van der Waals surface area contributed by atoms with Crippen molar-refractivity contribution in [3.8, 4) is 0 Å². The second-order valence-corrected chi connectivity index (χ2v) is 4.08. The topological polar surface area (TPSA) is 98.7 Å². The number of hydrogen-bond donors (Lipinski definition) is 4. The summed E-state index contributed by atoms with van der Waals surface area (Å²) in [5, 5.41) is 22.2. The van der Waals surface area contributed by atoms with Gasteiger partial charge in [0.15, 0.2) is 6.04 Å². The number of carbonyl (C=O) groups is 2. The van der Waals surface area contributed by atoms with Gasteiger partial charge >= 0.3 is 12.0 Å². The maximum atomic E-state index is 11.3. The first-order valence-corrected chi connectivity index (χ1v) is 5.66. The molecule has 17 heavy (non-hydrogen) atoms. The quantitative estimate of drug-likeness (QED) is 0.513. The number of allylic oxidation sites excluding steroid dienone is 2. The number of aliphatic hydroxyl groups is 1. The van der Waals surface area contributed by atoms with Crippen LogP contribution in [0.25, 0.3) is 0 Å². The summed E-state index contributed by atoms with van der Waals surface area (Å²) >= 11 is 0. The number of aliphatic hydroxyl groups excluding tert-OH is 1. The van der Waals surface area contributed by atoms with Gasteiger partial charge in [0.05, 0.1) is 6.61 Å². The van der Waals surface area contributed by atoms with Gasteiger partial charge in [0, 0.05) is 6.54 Å². The van der Waals surface area contributed by atoms with E-state index in [4.69, 9.17) is 10.2 Å². The predicted octanol–water partition coefficient (Wildman–Crippen LogP) is 0.0874. The minimum absolute atomic E-state index is 0.406. The van der Waals surface area contributed by atoms with Gasteiger partial charge in [0.1, 0.15) is 0 Å². The van der Waals surface area contributed by atoms with Crippen molar-refractivity contribution < 1.29 is 19.8 Å². The highest BCUT2D eigenvalue weighted by Gasteiger charge is 2.19. The fourth-order valence-electron chi connectivity index (χ4n) is 1.67. The van der Waals surface area contributed by atoms with Crippen molar-refractivity contribution in [2.24, 2.45) is 5.92 Å². The summed E-state index contributed by atoms with van der Waals surface area (Å²) in [5.74, 6) is -0.841. The zero-order chi connectivity index (χ0) is 12.7. The van der Waals surface area contributed by atoms with Crippen molar-refractivity contribution in [3.63, 3.8) is 0 Å². The minimum atomic E-state index is -1.25. The molecule has 2 amide bonds. The first-order valence-electron chi connectivity index (χ1n) is 5.66. The van der Waals surface area contributed by atoms with Crippen LogP contribution in [-0.4, -0.2) is 41.4 Å². The largest absolute Gasteiger partial charge is 0.480 e. The molecule has 0 aromatic heterocycles. The lowest BCUT2D eigenvalue weighted by molar-refractivity contribution is -0.140. The van der Waals surface area contributed by atoms with Crippen LogP contribution in [0.1, 0.15) is 19.3 Å². The second-order valence-electron chi connectivity index (χ2n) is 4.08. The number of rotatable bonds is 5. The van der Waals surface area contributed by atoms with E-state index in [1.54, 1.807) is 0 Å². The van der Waals surface area contributed by atoms with E-state index in [0.29, 0.717) is 12.5 Å². The fourth-order valence-corrected chi connectivity index (χ4v) is 1.67. The Hall–Kier alpha value is -1.56. The van der Waals surface area contributed by atoms with E-state index in [2.05, 4.69) is 22.8 Å². The smallest absolute Gasteiger partial charge is 0.328 e. The Morgan fingerprint density at radius 3 is 2.71 bits per heavy atom. The highest BCUT2D eigenvalue weighted by atomic mass is 16.4. The maximum absolute atomic E-state index is 11.3. The number of hydrogen-bond acceptors (Lipinski definition) is 3. The van der Waals surface area contributed by atoms with Crippen LogP contribution in [0.4, 0.5) is 4.79 Å². The third kappa shape index (κ3) is 4.86. The van der Waals surface area contributed by atoms with Crippen LogP contribution in [0, 0.1) is 5.92 Å². The van der Waals surface area contributed by atoms with Crippen molar-refractivity contribution in [3.05, 3.63) is 12.2 Å². The van der Waals surface area contributed by atoms with E-state index >= 15 is 0 Å². The molecule has 0 fully saturated rings.